The molecule has 4 heteroatoms. The van der Waals surface area contributed by atoms with E-state index in [2.05, 4.69) is 59.9 Å². The fraction of sp³-hybridized carbons (Fsp3) is 0.500. The Bertz CT molecular complexity index is 700. The second-order valence-electron chi connectivity index (χ2n) is 7.42. The highest BCUT2D eigenvalue weighted by Gasteiger charge is 2.28. The van der Waals surface area contributed by atoms with Crippen LogP contribution in [0.2, 0.25) is 5.02 Å². The number of rotatable bonds is 6. The van der Waals surface area contributed by atoms with Crippen molar-refractivity contribution in [2.75, 3.05) is 20.1 Å². The Morgan fingerprint density at radius 1 is 1.31 bits per heavy atom. The number of piperidine rings is 1. The highest BCUT2D eigenvalue weighted by atomic mass is 79.9. The molecule has 2 rings (SSSR count). The van der Waals surface area contributed by atoms with E-state index < -0.39 is 0 Å². The van der Waals surface area contributed by atoms with E-state index in [0.29, 0.717) is 11.8 Å². The molecule has 1 atom stereocenters. The highest BCUT2D eigenvalue weighted by Crippen LogP contribution is 2.41. The lowest BCUT2D eigenvalue weighted by molar-refractivity contribution is 0.208. The molecule has 0 spiro atoms. The Balaban J connectivity index is 2.51. The molecule has 0 saturated carbocycles. The quantitative estimate of drug-likeness (QED) is 0.392. The number of halogens is 2. The minimum Gasteiger partial charge on any atom is -0.308 e. The van der Waals surface area contributed by atoms with Gasteiger partial charge in [-0.1, -0.05) is 52.2 Å². The van der Waals surface area contributed by atoms with Crippen molar-refractivity contribution in [2.45, 2.75) is 46.0 Å². The Kier molecular flexibility index (Phi) is 8.12. The third-order valence-corrected chi connectivity index (χ3v) is 6.17. The van der Waals surface area contributed by atoms with Crippen molar-refractivity contribution in [1.29, 1.82) is 5.41 Å². The average Bonchev–Trinajstić information content (AvgIpc) is 2.60. The molecule has 0 radical (unpaired) electrons. The lowest BCUT2D eigenvalue weighted by Gasteiger charge is -2.35. The van der Waals surface area contributed by atoms with E-state index >= 15 is 0 Å². The number of benzene rings is 1. The maximum atomic E-state index is 7.44. The number of nitrogens with one attached hydrogen (secondary N) is 1. The van der Waals surface area contributed by atoms with Gasteiger partial charge in [-0.25, -0.2) is 0 Å². The molecule has 1 aliphatic rings. The molecule has 0 aromatic heterocycles. The van der Waals surface area contributed by atoms with Crippen molar-refractivity contribution in [1.82, 2.24) is 4.90 Å². The van der Waals surface area contributed by atoms with Gasteiger partial charge < -0.3 is 10.3 Å². The molecule has 1 aromatic carbocycles. The molecule has 1 heterocycles. The molecule has 1 aromatic rings. The normalized spacial score (nSPS) is 18.8. The Hall–Kier alpha value is -0.900. The minimum atomic E-state index is 0.361. The van der Waals surface area contributed by atoms with Crippen molar-refractivity contribution in [2.24, 2.45) is 5.92 Å². The van der Waals surface area contributed by atoms with E-state index in [9.17, 15) is 0 Å². The lowest BCUT2D eigenvalue weighted by atomic mass is 9.77. The zero-order valence-corrected chi connectivity index (χ0v) is 18.6. The van der Waals surface area contributed by atoms with Crippen LogP contribution in [0.4, 0.5) is 0 Å². The molecule has 0 aliphatic carbocycles. The van der Waals surface area contributed by atoms with Crippen LogP contribution >= 0.6 is 27.5 Å². The van der Waals surface area contributed by atoms with Gasteiger partial charge in [0.05, 0.1) is 0 Å². The first kappa shape index (κ1) is 21.4. The number of hydrogen-bond donors (Lipinski definition) is 1. The molecule has 0 amide bonds. The van der Waals surface area contributed by atoms with Gasteiger partial charge in [-0.3, -0.25) is 0 Å². The van der Waals surface area contributed by atoms with Crippen molar-refractivity contribution in [3.05, 3.63) is 56.1 Å². The highest BCUT2D eigenvalue weighted by molar-refractivity contribution is 9.10. The van der Waals surface area contributed by atoms with Gasteiger partial charge in [-0.2, -0.15) is 0 Å². The number of hydrogen-bond acceptors (Lipinski definition) is 2. The molecule has 26 heavy (non-hydrogen) atoms. The molecule has 1 saturated heterocycles. The van der Waals surface area contributed by atoms with Crippen molar-refractivity contribution in [3.63, 3.8) is 0 Å². The van der Waals surface area contributed by atoms with Crippen molar-refractivity contribution in [3.8, 4) is 0 Å². The molecule has 0 bridgehead atoms. The maximum absolute atomic E-state index is 7.44. The van der Waals surface area contributed by atoms with Gasteiger partial charge >= 0.3 is 0 Å². The summed E-state index contributed by atoms with van der Waals surface area (Å²) < 4.78 is 1.11. The summed E-state index contributed by atoms with van der Waals surface area (Å²) in [6, 6.07) is 4.14. The van der Waals surface area contributed by atoms with Gasteiger partial charge in [0.2, 0.25) is 0 Å². The topological polar surface area (TPSA) is 27.1 Å². The van der Waals surface area contributed by atoms with Gasteiger partial charge in [0, 0.05) is 21.6 Å². The predicted octanol–water partition coefficient (Wildman–Crippen LogP) is 6.63. The van der Waals surface area contributed by atoms with Crippen LogP contribution in [0.1, 0.15) is 50.7 Å². The molecule has 1 fully saturated rings. The van der Waals surface area contributed by atoms with Crippen LogP contribution in [0.15, 0.2) is 39.9 Å². The van der Waals surface area contributed by atoms with E-state index in [4.69, 9.17) is 17.0 Å². The fourth-order valence-electron chi connectivity index (χ4n) is 3.88. The van der Waals surface area contributed by atoms with Gasteiger partial charge in [0.15, 0.2) is 0 Å². The van der Waals surface area contributed by atoms with Crippen LogP contribution in [0.25, 0.3) is 0 Å². The molecule has 1 aliphatic heterocycles. The Morgan fingerprint density at radius 3 is 2.54 bits per heavy atom. The third kappa shape index (κ3) is 5.55. The zero-order chi connectivity index (χ0) is 19.3. The monoisotopic (exact) mass is 436 g/mol. The van der Waals surface area contributed by atoms with E-state index in [1.807, 2.05) is 13.0 Å². The first-order chi connectivity index (χ1) is 12.3. The zero-order valence-electron chi connectivity index (χ0n) is 16.3. The summed E-state index contributed by atoms with van der Waals surface area (Å²) in [6.07, 6.45) is 9.30. The van der Waals surface area contributed by atoms with Gasteiger partial charge in [0.25, 0.3) is 0 Å². The van der Waals surface area contributed by atoms with Crippen LogP contribution < -0.4 is 0 Å². The number of aryl methyl sites for hydroxylation is 1. The van der Waals surface area contributed by atoms with E-state index in [1.165, 1.54) is 35.8 Å². The van der Waals surface area contributed by atoms with E-state index in [1.54, 1.807) is 0 Å². The number of likely N-dealkylation sites (tertiary alicyclic amines) is 1. The summed E-state index contributed by atoms with van der Waals surface area (Å²) in [5.41, 5.74) is 4.91. The van der Waals surface area contributed by atoms with Crippen molar-refractivity contribution < 1.29 is 0 Å². The number of nitrogens with zero attached hydrogens (tertiary/aromatic N) is 1. The largest absolute Gasteiger partial charge is 0.308 e. The van der Waals surface area contributed by atoms with E-state index in [0.717, 1.165) is 34.6 Å². The smallest absolute Gasteiger partial charge is 0.0420 e. The maximum Gasteiger partial charge on any atom is 0.0420 e. The van der Waals surface area contributed by atoms with Crippen molar-refractivity contribution >= 4 is 33.7 Å². The average molecular weight is 438 g/mol. The summed E-state index contributed by atoms with van der Waals surface area (Å²) in [6.45, 7) is 8.62. The summed E-state index contributed by atoms with van der Waals surface area (Å²) in [4.78, 5) is 2.42. The summed E-state index contributed by atoms with van der Waals surface area (Å²) >= 11 is 10.1. The lowest BCUT2D eigenvalue weighted by Crippen LogP contribution is -2.32. The minimum absolute atomic E-state index is 0.361. The molecule has 1 unspecified atom stereocenters. The standard InChI is InChI=1S/C22H30BrClN2/c1-5-17-12-19(24)13-21(23)22(17)20(11-15(2)10-16(3)14-25)18-6-8-26(4)9-7-18/h10-14,18,20,25H,5-9H2,1-4H3/b15-11+,16-10-,25-14?. The second-order valence-corrected chi connectivity index (χ2v) is 8.71. The molecule has 142 valence electrons. The van der Waals surface area contributed by atoms with Crippen LogP contribution in [0, 0.1) is 11.3 Å². The SMILES string of the molecule is CCc1cc(Cl)cc(Br)c1C(/C=C(C)/C=C(/C)C=N)C1CCN(C)CC1. The van der Waals surface area contributed by atoms with Gasteiger partial charge in [-0.15, -0.1) is 0 Å². The Labute approximate surface area is 172 Å². The molecule has 2 nitrogen and oxygen atoms in total. The predicted molar refractivity (Wildman–Crippen MR) is 118 cm³/mol. The summed E-state index contributed by atoms with van der Waals surface area (Å²) in [5.74, 6) is 0.984. The molecule has 1 N–H and O–H groups in total. The van der Waals surface area contributed by atoms with E-state index in [-0.39, 0.29) is 0 Å². The summed E-state index contributed by atoms with van der Waals surface area (Å²) in [7, 11) is 2.21. The van der Waals surface area contributed by atoms with Crippen LogP contribution in [-0.2, 0) is 6.42 Å². The summed E-state index contributed by atoms with van der Waals surface area (Å²) in [5, 5.41) is 8.23. The molecular weight excluding hydrogens is 408 g/mol. The van der Waals surface area contributed by atoms with Crippen LogP contribution in [0.5, 0.6) is 0 Å². The Morgan fingerprint density at radius 2 is 1.96 bits per heavy atom. The second kappa shape index (κ2) is 9.87. The van der Waals surface area contributed by atoms with Gasteiger partial charge in [0.1, 0.15) is 0 Å². The fourth-order valence-corrected chi connectivity index (χ4v) is 5.02. The number of allylic oxidation sites excluding steroid dienone is 4. The van der Waals surface area contributed by atoms with Crippen LogP contribution in [0.3, 0.4) is 0 Å². The first-order valence-electron chi connectivity index (χ1n) is 9.39. The molecular formula is C22H30BrClN2. The first-order valence-corrected chi connectivity index (χ1v) is 10.6. The van der Waals surface area contributed by atoms with Gasteiger partial charge in [-0.05, 0) is 88.0 Å². The van der Waals surface area contributed by atoms with Crippen LogP contribution in [-0.4, -0.2) is 31.3 Å². The third-order valence-electron chi connectivity index (χ3n) is 5.29.